The van der Waals surface area contributed by atoms with Gasteiger partial charge in [-0.2, -0.15) is 0 Å². The second kappa shape index (κ2) is 7.81. The fourth-order valence-electron chi connectivity index (χ4n) is 1.34. The first-order chi connectivity index (χ1) is 9.38. The lowest BCUT2D eigenvalue weighted by Gasteiger charge is -2.11. The smallest absolute Gasteiger partial charge is 0.326 e. The van der Waals surface area contributed by atoms with E-state index in [0.29, 0.717) is 0 Å². The van der Waals surface area contributed by atoms with Crippen molar-refractivity contribution in [2.75, 3.05) is 0 Å². The number of hydrogen-bond donors (Lipinski definition) is 3. The Balaban J connectivity index is 2.55. The van der Waals surface area contributed by atoms with Gasteiger partial charge >= 0.3 is 5.97 Å². The van der Waals surface area contributed by atoms with Gasteiger partial charge in [0.05, 0.1) is 3.79 Å². The topological polar surface area (TPSA) is 109 Å². The second-order valence-corrected chi connectivity index (χ2v) is 6.37. The van der Waals surface area contributed by atoms with Gasteiger partial charge in [0.15, 0.2) is 0 Å². The molecule has 0 aliphatic rings. The first-order valence-electron chi connectivity index (χ1n) is 5.63. The van der Waals surface area contributed by atoms with E-state index < -0.39 is 23.8 Å². The monoisotopic (exact) mass is 360 g/mol. The highest BCUT2D eigenvalue weighted by Crippen LogP contribution is 2.22. The van der Waals surface area contributed by atoms with Gasteiger partial charge in [0.2, 0.25) is 11.8 Å². The van der Waals surface area contributed by atoms with Gasteiger partial charge in [0, 0.05) is 17.4 Å². The molecule has 1 rings (SSSR count). The Morgan fingerprint density at radius 2 is 2.15 bits per heavy atom. The second-order valence-electron chi connectivity index (χ2n) is 3.88. The van der Waals surface area contributed by atoms with E-state index in [4.69, 9.17) is 10.8 Å². The highest BCUT2D eigenvalue weighted by atomic mass is 79.9. The number of primary amides is 1. The van der Waals surface area contributed by atoms with Gasteiger partial charge in [-0.05, 0) is 40.6 Å². The van der Waals surface area contributed by atoms with Crippen molar-refractivity contribution in [3.8, 4) is 0 Å². The number of carbonyl (C=O) groups excluding carboxylic acids is 2. The molecule has 0 aliphatic carbocycles. The van der Waals surface area contributed by atoms with E-state index in [1.807, 2.05) is 12.1 Å². The van der Waals surface area contributed by atoms with Gasteiger partial charge in [0.1, 0.15) is 6.04 Å². The Morgan fingerprint density at radius 3 is 2.65 bits per heavy atom. The summed E-state index contributed by atoms with van der Waals surface area (Å²) in [5.41, 5.74) is 4.95. The Kier molecular flexibility index (Phi) is 6.40. The average Bonchev–Trinajstić information content (AvgIpc) is 2.77. The normalized spacial score (nSPS) is 12.2. The summed E-state index contributed by atoms with van der Waals surface area (Å²) >= 11 is 4.74. The van der Waals surface area contributed by atoms with Gasteiger partial charge < -0.3 is 16.2 Å². The molecule has 4 N–H and O–H groups in total. The molecule has 0 saturated heterocycles. The van der Waals surface area contributed by atoms with Crippen molar-refractivity contribution < 1.29 is 19.5 Å². The third kappa shape index (κ3) is 5.98. The number of thiophene rings is 1. The minimum Gasteiger partial charge on any atom is -0.480 e. The van der Waals surface area contributed by atoms with Crippen LogP contribution in [0.2, 0.25) is 0 Å². The van der Waals surface area contributed by atoms with E-state index in [9.17, 15) is 14.4 Å². The summed E-state index contributed by atoms with van der Waals surface area (Å²) in [6.45, 7) is 0. The number of carbonyl (C=O) groups is 3. The Labute approximate surface area is 127 Å². The average molecular weight is 361 g/mol. The van der Waals surface area contributed by atoms with Gasteiger partial charge in [-0.25, -0.2) is 4.79 Å². The van der Waals surface area contributed by atoms with Gasteiger partial charge in [-0.3, -0.25) is 9.59 Å². The van der Waals surface area contributed by atoms with Crippen LogP contribution in [-0.4, -0.2) is 28.9 Å². The molecule has 1 aromatic heterocycles. The zero-order valence-corrected chi connectivity index (χ0v) is 12.7. The van der Waals surface area contributed by atoms with E-state index in [-0.39, 0.29) is 12.8 Å². The number of carboxylic acids is 1. The maximum Gasteiger partial charge on any atom is 0.326 e. The maximum absolute atomic E-state index is 11.6. The van der Waals surface area contributed by atoms with E-state index in [0.717, 1.165) is 8.66 Å². The molecule has 20 heavy (non-hydrogen) atoms. The molecule has 0 aromatic carbocycles. The molecule has 0 fully saturated rings. The number of nitrogens with one attached hydrogen (secondary N) is 1. The zero-order chi connectivity index (χ0) is 15.1. The van der Waals surface area contributed by atoms with Crippen molar-refractivity contribution >= 4 is 51.1 Å². The van der Waals surface area contributed by atoms with Gasteiger partial charge in [-0.15, -0.1) is 11.3 Å². The summed E-state index contributed by atoms with van der Waals surface area (Å²) in [6.07, 6.45) is 2.70. The molecule has 1 atom stereocenters. The molecule has 0 aliphatic heterocycles. The number of aliphatic carboxylic acids is 1. The van der Waals surface area contributed by atoms with Crippen LogP contribution >= 0.6 is 27.3 Å². The fraction of sp³-hybridized carbons (Fsp3) is 0.250. The van der Waals surface area contributed by atoms with Crippen LogP contribution in [0.4, 0.5) is 0 Å². The molecule has 0 saturated carbocycles. The lowest BCUT2D eigenvalue weighted by atomic mass is 10.1. The third-order valence-corrected chi connectivity index (χ3v) is 3.88. The highest BCUT2D eigenvalue weighted by molar-refractivity contribution is 9.11. The Bertz CT molecular complexity index is 541. The van der Waals surface area contributed by atoms with Gasteiger partial charge in [-0.1, -0.05) is 0 Å². The van der Waals surface area contributed by atoms with Crippen molar-refractivity contribution in [3.63, 3.8) is 0 Å². The molecule has 0 radical (unpaired) electrons. The van der Waals surface area contributed by atoms with E-state index >= 15 is 0 Å². The molecule has 1 aromatic rings. The SMILES string of the molecule is NC(=O)CC[C@@H](NC(=O)/C=C/c1ccc(Br)s1)C(=O)O. The molecule has 6 nitrogen and oxygen atoms in total. The van der Waals surface area contributed by atoms with E-state index in [1.54, 1.807) is 6.08 Å². The lowest BCUT2D eigenvalue weighted by molar-refractivity contribution is -0.141. The molecular formula is C12H13BrN2O4S. The van der Waals surface area contributed by atoms with Crippen molar-refractivity contribution in [1.29, 1.82) is 0 Å². The predicted molar refractivity (Wildman–Crippen MR) is 79.0 cm³/mol. The van der Waals surface area contributed by atoms with Crippen LogP contribution in [-0.2, 0) is 14.4 Å². The van der Waals surface area contributed by atoms with Crippen LogP contribution in [0.15, 0.2) is 22.0 Å². The van der Waals surface area contributed by atoms with Crippen molar-refractivity contribution in [2.45, 2.75) is 18.9 Å². The number of carboxylic acid groups (broad SMARTS) is 1. The van der Waals surface area contributed by atoms with E-state index in [1.165, 1.54) is 17.4 Å². The Morgan fingerprint density at radius 1 is 1.45 bits per heavy atom. The summed E-state index contributed by atoms with van der Waals surface area (Å²) in [4.78, 5) is 34.0. The summed E-state index contributed by atoms with van der Waals surface area (Å²) in [7, 11) is 0. The molecule has 1 heterocycles. The maximum atomic E-state index is 11.6. The van der Waals surface area contributed by atoms with E-state index in [2.05, 4.69) is 21.2 Å². The third-order valence-electron chi connectivity index (χ3n) is 2.29. The molecule has 0 bridgehead atoms. The Hall–Kier alpha value is -1.67. The lowest BCUT2D eigenvalue weighted by Crippen LogP contribution is -2.40. The molecule has 0 spiro atoms. The minimum absolute atomic E-state index is 0.0329. The standard InChI is InChI=1S/C12H13BrN2O4S/c13-9-4-1-7(20-9)2-6-11(17)15-8(12(18)19)3-5-10(14)16/h1-2,4,6,8H,3,5H2,(H2,14,16)(H,15,17)(H,18,19)/b6-2+/t8-/m1/s1. The fourth-order valence-corrected chi connectivity index (χ4v) is 2.67. The number of hydrogen-bond acceptors (Lipinski definition) is 4. The summed E-state index contributed by atoms with van der Waals surface area (Å²) in [5.74, 6) is -2.34. The first kappa shape index (κ1) is 16.4. The number of amides is 2. The largest absolute Gasteiger partial charge is 0.480 e. The van der Waals surface area contributed by atoms with Gasteiger partial charge in [0.25, 0.3) is 0 Å². The minimum atomic E-state index is -1.20. The van der Waals surface area contributed by atoms with Crippen LogP contribution in [0.25, 0.3) is 6.08 Å². The highest BCUT2D eigenvalue weighted by Gasteiger charge is 2.19. The van der Waals surface area contributed by atoms with Crippen molar-refractivity contribution in [2.24, 2.45) is 5.73 Å². The van der Waals surface area contributed by atoms with Crippen LogP contribution < -0.4 is 11.1 Å². The van der Waals surface area contributed by atoms with Crippen LogP contribution in [0.3, 0.4) is 0 Å². The predicted octanol–water partition coefficient (Wildman–Crippen LogP) is 1.36. The molecule has 2 amide bonds. The zero-order valence-electron chi connectivity index (χ0n) is 10.3. The molecule has 8 heteroatoms. The quantitative estimate of drug-likeness (QED) is 0.637. The molecular weight excluding hydrogens is 348 g/mol. The summed E-state index contributed by atoms with van der Waals surface area (Å²) < 4.78 is 0.933. The van der Waals surface area contributed by atoms with Crippen LogP contribution in [0.1, 0.15) is 17.7 Å². The molecule has 0 unspecified atom stereocenters. The number of nitrogens with two attached hydrogens (primary N) is 1. The first-order valence-corrected chi connectivity index (χ1v) is 7.24. The van der Waals surface area contributed by atoms with Crippen molar-refractivity contribution in [3.05, 3.63) is 26.9 Å². The van der Waals surface area contributed by atoms with Crippen molar-refractivity contribution in [1.82, 2.24) is 5.32 Å². The number of halogens is 1. The summed E-state index contributed by atoms with van der Waals surface area (Å²) in [6, 6.07) is 2.53. The van der Waals surface area contributed by atoms with Crippen LogP contribution in [0, 0.1) is 0 Å². The molecule has 108 valence electrons. The summed E-state index contributed by atoms with van der Waals surface area (Å²) in [5, 5.41) is 11.2. The number of rotatable bonds is 7. The van der Waals surface area contributed by atoms with Crippen LogP contribution in [0.5, 0.6) is 0 Å².